The predicted molar refractivity (Wildman–Crippen MR) is 71.3 cm³/mol. The van der Waals surface area contributed by atoms with Crippen molar-refractivity contribution < 1.29 is 10.2 Å². The molecule has 0 amide bonds. The van der Waals surface area contributed by atoms with Gasteiger partial charge in [-0.05, 0) is 37.5 Å². The molecule has 0 bridgehead atoms. The maximum Gasteiger partial charge on any atom is 0.0787 e. The second-order valence-electron chi connectivity index (χ2n) is 4.17. The SMILES string of the molecule is CCC(O)c1ccc(N(CC)CCCO)cc1. The van der Waals surface area contributed by atoms with E-state index in [0.717, 1.165) is 37.2 Å². The molecule has 0 aliphatic heterocycles. The molecule has 96 valence electrons. The minimum absolute atomic E-state index is 0.225. The van der Waals surface area contributed by atoms with Crippen molar-refractivity contribution in [1.29, 1.82) is 0 Å². The maximum absolute atomic E-state index is 9.71. The highest BCUT2D eigenvalue weighted by Gasteiger charge is 2.07. The van der Waals surface area contributed by atoms with E-state index < -0.39 is 0 Å². The van der Waals surface area contributed by atoms with Gasteiger partial charge in [0, 0.05) is 25.4 Å². The Morgan fingerprint density at radius 3 is 2.29 bits per heavy atom. The first kappa shape index (κ1) is 14.0. The van der Waals surface area contributed by atoms with Gasteiger partial charge in [-0.3, -0.25) is 0 Å². The van der Waals surface area contributed by atoms with E-state index in [1.165, 1.54) is 0 Å². The van der Waals surface area contributed by atoms with E-state index in [1.807, 2.05) is 31.2 Å². The molecule has 0 saturated carbocycles. The molecule has 1 unspecified atom stereocenters. The summed E-state index contributed by atoms with van der Waals surface area (Å²) in [5.41, 5.74) is 2.11. The standard InChI is InChI=1S/C14H23NO2/c1-3-14(17)12-6-8-13(9-7-12)15(4-2)10-5-11-16/h6-9,14,16-17H,3-5,10-11H2,1-2H3. The van der Waals surface area contributed by atoms with Gasteiger partial charge in [0.15, 0.2) is 0 Å². The van der Waals surface area contributed by atoms with Gasteiger partial charge in [0.25, 0.3) is 0 Å². The predicted octanol–water partition coefficient (Wildman–Crippen LogP) is 2.34. The zero-order valence-corrected chi connectivity index (χ0v) is 10.8. The molecule has 0 aliphatic carbocycles. The maximum atomic E-state index is 9.71. The van der Waals surface area contributed by atoms with Crippen molar-refractivity contribution in [2.24, 2.45) is 0 Å². The summed E-state index contributed by atoms with van der Waals surface area (Å²) in [6.45, 7) is 6.09. The van der Waals surface area contributed by atoms with Crippen molar-refractivity contribution in [3.8, 4) is 0 Å². The van der Waals surface area contributed by atoms with Gasteiger partial charge in [0.05, 0.1) is 6.10 Å². The second kappa shape index (κ2) is 7.30. The van der Waals surface area contributed by atoms with Crippen LogP contribution in [0.4, 0.5) is 5.69 Å². The molecule has 1 rings (SSSR count). The zero-order valence-electron chi connectivity index (χ0n) is 10.8. The topological polar surface area (TPSA) is 43.7 Å². The molecule has 0 heterocycles. The van der Waals surface area contributed by atoms with E-state index in [9.17, 15) is 5.11 Å². The molecule has 0 saturated heterocycles. The molecule has 1 atom stereocenters. The zero-order chi connectivity index (χ0) is 12.7. The van der Waals surface area contributed by atoms with E-state index in [0.29, 0.717) is 0 Å². The van der Waals surface area contributed by atoms with Gasteiger partial charge >= 0.3 is 0 Å². The van der Waals surface area contributed by atoms with Crippen LogP contribution in [0.2, 0.25) is 0 Å². The fourth-order valence-electron chi connectivity index (χ4n) is 1.87. The monoisotopic (exact) mass is 237 g/mol. The van der Waals surface area contributed by atoms with Crippen molar-refractivity contribution in [3.63, 3.8) is 0 Å². The number of anilines is 1. The first-order valence-electron chi connectivity index (χ1n) is 6.36. The fraction of sp³-hybridized carbons (Fsp3) is 0.571. The Morgan fingerprint density at radius 1 is 1.18 bits per heavy atom. The van der Waals surface area contributed by atoms with Crippen molar-refractivity contribution in [3.05, 3.63) is 29.8 Å². The summed E-state index contributed by atoms with van der Waals surface area (Å²) >= 11 is 0. The lowest BCUT2D eigenvalue weighted by molar-refractivity contribution is 0.173. The van der Waals surface area contributed by atoms with Crippen LogP contribution < -0.4 is 4.90 Å². The van der Waals surface area contributed by atoms with Gasteiger partial charge in [0.1, 0.15) is 0 Å². The molecule has 1 aromatic rings. The molecule has 17 heavy (non-hydrogen) atoms. The Labute approximate surface area is 104 Å². The van der Waals surface area contributed by atoms with Gasteiger partial charge in [-0.25, -0.2) is 0 Å². The van der Waals surface area contributed by atoms with Gasteiger partial charge in [-0.2, -0.15) is 0 Å². The number of rotatable bonds is 7. The van der Waals surface area contributed by atoms with Gasteiger partial charge in [0.2, 0.25) is 0 Å². The molecule has 0 spiro atoms. The number of benzene rings is 1. The summed E-state index contributed by atoms with van der Waals surface area (Å²) in [6.07, 6.45) is 1.16. The third-order valence-corrected chi connectivity index (χ3v) is 3.00. The molecule has 3 nitrogen and oxygen atoms in total. The van der Waals surface area contributed by atoms with Crippen LogP contribution in [-0.4, -0.2) is 29.9 Å². The first-order valence-corrected chi connectivity index (χ1v) is 6.36. The molecule has 0 fully saturated rings. The lowest BCUT2D eigenvalue weighted by atomic mass is 10.1. The molecule has 2 N–H and O–H groups in total. The summed E-state index contributed by atoms with van der Waals surface area (Å²) in [6, 6.07) is 8.03. The lowest BCUT2D eigenvalue weighted by Crippen LogP contribution is -2.24. The highest BCUT2D eigenvalue weighted by Crippen LogP contribution is 2.21. The molecule has 1 aromatic carbocycles. The molecule has 0 aromatic heterocycles. The minimum atomic E-state index is -0.364. The van der Waals surface area contributed by atoms with Crippen LogP contribution in [0.15, 0.2) is 24.3 Å². The largest absolute Gasteiger partial charge is 0.396 e. The lowest BCUT2D eigenvalue weighted by Gasteiger charge is -2.23. The van der Waals surface area contributed by atoms with Crippen LogP contribution in [0.1, 0.15) is 38.4 Å². The molecular formula is C14H23NO2. The third kappa shape index (κ3) is 4.02. The van der Waals surface area contributed by atoms with Crippen molar-refractivity contribution in [2.75, 3.05) is 24.6 Å². The van der Waals surface area contributed by atoms with Crippen LogP contribution in [0.25, 0.3) is 0 Å². The third-order valence-electron chi connectivity index (χ3n) is 3.00. The summed E-state index contributed by atoms with van der Waals surface area (Å²) in [7, 11) is 0. The van der Waals surface area contributed by atoms with Crippen LogP contribution in [0, 0.1) is 0 Å². The highest BCUT2D eigenvalue weighted by molar-refractivity contribution is 5.47. The summed E-state index contributed by atoms with van der Waals surface area (Å²) < 4.78 is 0. The minimum Gasteiger partial charge on any atom is -0.396 e. The second-order valence-corrected chi connectivity index (χ2v) is 4.17. The number of aliphatic hydroxyl groups is 2. The smallest absolute Gasteiger partial charge is 0.0787 e. The van der Waals surface area contributed by atoms with Gasteiger partial charge in [-0.1, -0.05) is 19.1 Å². The Bertz CT molecular complexity index is 311. The number of hydrogen-bond acceptors (Lipinski definition) is 3. The average Bonchev–Trinajstić information content (AvgIpc) is 2.39. The molecule has 0 radical (unpaired) electrons. The van der Waals surface area contributed by atoms with E-state index in [2.05, 4.69) is 11.8 Å². The quantitative estimate of drug-likeness (QED) is 0.765. The van der Waals surface area contributed by atoms with E-state index in [1.54, 1.807) is 0 Å². The van der Waals surface area contributed by atoms with Gasteiger partial charge < -0.3 is 15.1 Å². The van der Waals surface area contributed by atoms with E-state index in [-0.39, 0.29) is 12.7 Å². The van der Waals surface area contributed by atoms with E-state index in [4.69, 9.17) is 5.11 Å². The molecule has 3 heteroatoms. The average molecular weight is 237 g/mol. The summed E-state index contributed by atoms with van der Waals surface area (Å²) in [4.78, 5) is 2.22. The summed E-state index contributed by atoms with van der Waals surface area (Å²) in [5.74, 6) is 0. The number of aliphatic hydroxyl groups excluding tert-OH is 2. The molecule has 0 aliphatic rings. The number of hydrogen-bond donors (Lipinski definition) is 2. The van der Waals surface area contributed by atoms with Crippen LogP contribution in [0.3, 0.4) is 0 Å². The Hall–Kier alpha value is -1.06. The van der Waals surface area contributed by atoms with E-state index >= 15 is 0 Å². The van der Waals surface area contributed by atoms with Crippen LogP contribution >= 0.6 is 0 Å². The highest BCUT2D eigenvalue weighted by atomic mass is 16.3. The van der Waals surface area contributed by atoms with Crippen molar-refractivity contribution in [1.82, 2.24) is 0 Å². The van der Waals surface area contributed by atoms with Crippen molar-refractivity contribution >= 4 is 5.69 Å². The Balaban J connectivity index is 2.70. The molecular weight excluding hydrogens is 214 g/mol. The first-order chi connectivity index (χ1) is 8.22. The fourth-order valence-corrected chi connectivity index (χ4v) is 1.87. The van der Waals surface area contributed by atoms with Gasteiger partial charge in [-0.15, -0.1) is 0 Å². The van der Waals surface area contributed by atoms with Crippen molar-refractivity contribution in [2.45, 2.75) is 32.8 Å². The number of nitrogens with zero attached hydrogens (tertiary/aromatic N) is 1. The Kier molecular flexibility index (Phi) is 6.01. The normalized spacial score (nSPS) is 12.5. The Morgan fingerprint density at radius 2 is 1.82 bits per heavy atom. The summed E-state index contributed by atoms with van der Waals surface area (Å²) in [5, 5.41) is 18.6. The van der Waals surface area contributed by atoms with Crippen LogP contribution in [0.5, 0.6) is 0 Å². The van der Waals surface area contributed by atoms with Crippen LogP contribution in [-0.2, 0) is 0 Å².